The summed E-state index contributed by atoms with van der Waals surface area (Å²) < 4.78 is 33.6. The van der Waals surface area contributed by atoms with E-state index in [1.165, 1.54) is 23.5 Å². The molecule has 1 heterocycles. The maximum Gasteiger partial charge on any atom is 0.262 e. The van der Waals surface area contributed by atoms with Crippen molar-refractivity contribution in [1.82, 2.24) is 14.8 Å². The van der Waals surface area contributed by atoms with Crippen LogP contribution in [-0.2, 0) is 21.4 Å². The first kappa shape index (κ1) is 22.2. The molecular formula is C21H27N3O5S. The number of hydroxylamine groups is 1. The summed E-state index contributed by atoms with van der Waals surface area (Å²) in [6.45, 7) is -0.0796. The van der Waals surface area contributed by atoms with E-state index < -0.39 is 22.0 Å². The summed E-state index contributed by atoms with van der Waals surface area (Å²) in [5.41, 5.74) is 2.20. The van der Waals surface area contributed by atoms with E-state index in [0.29, 0.717) is 11.4 Å². The van der Waals surface area contributed by atoms with Crippen LogP contribution < -0.4 is 10.2 Å². The normalized spacial score (nSPS) is 16.2. The molecule has 1 amide bonds. The predicted molar refractivity (Wildman–Crippen MR) is 110 cm³/mol. The van der Waals surface area contributed by atoms with E-state index in [1.807, 2.05) is 0 Å². The maximum atomic E-state index is 13.6. The number of pyridine rings is 1. The molecule has 1 aromatic heterocycles. The second-order valence-electron chi connectivity index (χ2n) is 7.37. The largest absolute Gasteiger partial charge is 0.497 e. The van der Waals surface area contributed by atoms with Crippen molar-refractivity contribution < 1.29 is 23.2 Å². The zero-order valence-electron chi connectivity index (χ0n) is 16.9. The minimum atomic E-state index is -4.06. The van der Waals surface area contributed by atoms with Gasteiger partial charge < -0.3 is 4.74 Å². The molecule has 3 rings (SSSR count). The lowest BCUT2D eigenvalue weighted by Crippen LogP contribution is -2.52. The molecular weight excluding hydrogens is 406 g/mol. The van der Waals surface area contributed by atoms with E-state index in [4.69, 9.17) is 4.74 Å². The molecule has 2 aromatic rings. The van der Waals surface area contributed by atoms with Crippen molar-refractivity contribution in [3.63, 3.8) is 0 Å². The molecule has 1 unspecified atom stereocenters. The van der Waals surface area contributed by atoms with Crippen LogP contribution in [0.4, 0.5) is 0 Å². The van der Waals surface area contributed by atoms with Gasteiger partial charge in [0.25, 0.3) is 5.91 Å². The van der Waals surface area contributed by atoms with Crippen LogP contribution >= 0.6 is 0 Å². The highest BCUT2D eigenvalue weighted by atomic mass is 32.2. The fourth-order valence-corrected chi connectivity index (χ4v) is 5.58. The third-order valence-electron chi connectivity index (χ3n) is 5.50. The van der Waals surface area contributed by atoms with E-state index in [1.54, 1.807) is 42.0 Å². The predicted octanol–water partition coefficient (Wildman–Crippen LogP) is 2.74. The van der Waals surface area contributed by atoms with E-state index in [2.05, 4.69) is 4.98 Å². The summed E-state index contributed by atoms with van der Waals surface area (Å²) in [4.78, 5) is 17.0. The maximum absolute atomic E-state index is 13.6. The van der Waals surface area contributed by atoms with Crippen LogP contribution in [-0.4, -0.2) is 42.0 Å². The van der Waals surface area contributed by atoms with Gasteiger partial charge in [-0.25, -0.2) is 13.9 Å². The van der Waals surface area contributed by atoms with Gasteiger partial charge in [-0.2, -0.15) is 4.31 Å². The van der Waals surface area contributed by atoms with Crippen LogP contribution in [0.1, 0.15) is 37.8 Å². The quantitative estimate of drug-likeness (QED) is 0.489. The Balaban J connectivity index is 2.05. The first-order valence-electron chi connectivity index (χ1n) is 9.97. The monoisotopic (exact) mass is 433 g/mol. The minimum absolute atomic E-state index is 0.0470. The number of carbonyl (C=O) groups excluding carboxylic acids is 1. The fourth-order valence-electron chi connectivity index (χ4n) is 3.96. The molecule has 0 bridgehead atoms. The van der Waals surface area contributed by atoms with Crippen LogP contribution in [0.25, 0.3) is 0 Å². The van der Waals surface area contributed by atoms with Crippen LogP contribution in [0.2, 0.25) is 0 Å². The van der Waals surface area contributed by atoms with Gasteiger partial charge in [0, 0.05) is 6.20 Å². The Morgan fingerprint density at radius 1 is 1.20 bits per heavy atom. The van der Waals surface area contributed by atoms with Gasteiger partial charge in [-0.1, -0.05) is 25.3 Å². The number of hydrogen-bond donors (Lipinski definition) is 2. The van der Waals surface area contributed by atoms with Crippen molar-refractivity contribution in [2.45, 2.75) is 49.6 Å². The number of nitrogens with one attached hydrogen (secondary N) is 1. The number of sulfonamides is 1. The smallest absolute Gasteiger partial charge is 0.262 e. The number of nitrogens with zero attached hydrogens (tertiary/aromatic N) is 2. The highest BCUT2D eigenvalue weighted by Crippen LogP contribution is 2.33. The summed E-state index contributed by atoms with van der Waals surface area (Å²) in [5.74, 6) is -0.389. The Morgan fingerprint density at radius 2 is 1.90 bits per heavy atom. The average molecular weight is 434 g/mol. The molecule has 8 nitrogen and oxygen atoms in total. The highest BCUT2D eigenvalue weighted by molar-refractivity contribution is 7.89. The third-order valence-corrected chi connectivity index (χ3v) is 7.34. The van der Waals surface area contributed by atoms with E-state index >= 15 is 0 Å². The van der Waals surface area contributed by atoms with Gasteiger partial charge in [0.1, 0.15) is 11.8 Å². The molecule has 1 atom stereocenters. The molecule has 1 aliphatic carbocycles. The van der Waals surface area contributed by atoms with Gasteiger partial charge >= 0.3 is 0 Å². The topological polar surface area (TPSA) is 109 Å². The summed E-state index contributed by atoms with van der Waals surface area (Å²) in [6, 6.07) is 10.2. The van der Waals surface area contributed by atoms with Crippen molar-refractivity contribution in [3.8, 4) is 5.75 Å². The SMILES string of the molecule is COc1ccc(S(=O)(=O)N(Cc2ccccn2)C(C(=O)NO)C2CCCCC2)cc1. The highest BCUT2D eigenvalue weighted by Gasteiger charge is 2.41. The van der Waals surface area contributed by atoms with Crippen molar-refractivity contribution >= 4 is 15.9 Å². The number of benzene rings is 1. The van der Waals surface area contributed by atoms with Gasteiger partial charge in [0.05, 0.1) is 24.2 Å². The first-order valence-corrected chi connectivity index (χ1v) is 11.4. The standard InChI is InChI=1S/C21H27N3O5S/c1-29-18-10-12-19(13-11-18)30(27,28)24(15-17-9-5-6-14-22-17)20(21(25)23-26)16-7-3-2-4-8-16/h5-6,9-14,16,20,26H,2-4,7-8,15H2,1H3,(H,23,25). The van der Waals surface area contributed by atoms with E-state index in [9.17, 15) is 18.4 Å². The van der Waals surface area contributed by atoms with Gasteiger partial charge in [0.2, 0.25) is 10.0 Å². The van der Waals surface area contributed by atoms with Crippen LogP contribution in [0.5, 0.6) is 5.75 Å². The second kappa shape index (κ2) is 10.0. The summed E-state index contributed by atoms with van der Waals surface area (Å²) >= 11 is 0. The summed E-state index contributed by atoms with van der Waals surface area (Å²) in [7, 11) is -2.56. The van der Waals surface area contributed by atoms with Crippen LogP contribution in [0, 0.1) is 5.92 Å². The Morgan fingerprint density at radius 3 is 2.47 bits per heavy atom. The van der Waals surface area contributed by atoms with Crippen molar-refractivity contribution in [3.05, 3.63) is 54.4 Å². The minimum Gasteiger partial charge on any atom is -0.497 e. The number of amides is 1. The Kier molecular flexibility index (Phi) is 7.41. The molecule has 0 aliphatic heterocycles. The number of aromatic nitrogens is 1. The fraction of sp³-hybridized carbons (Fsp3) is 0.429. The molecule has 162 valence electrons. The average Bonchev–Trinajstić information content (AvgIpc) is 2.80. The Bertz CT molecular complexity index is 929. The summed E-state index contributed by atoms with van der Waals surface area (Å²) in [6.07, 6.45) is 5.90. The summed E-state index contributed by atoms with van der Waals surface area (Å²) in [5, 5.41) is 9.40. The van der Waals surface area contributed by atoms with Gasteiger partial charge in [-0.3, -0.25) is 15.0 Å². The molecule has 0 saturated heterocycles. The molecule has 30 heavy (non-hydrogen) atoms. The van der Waals surface area contributed by atoms with E-state index in [-0.39, 0.29) is 17.4 Å². The third kappa shape index (κ3) is 4.97. The molecule has 9 heteroatoms. The van der Waals surface area contributed by atoms with Crippen molar-refractivity contribution in [2.24, 2.45) is 5.92 Å². The zero-order valence-corrected chi connectivity index (χ0v) is 17.7. The van der Waals surface area contributed by atoms with E-state index in [0.717, 1.165) is 32.1 Å². The number of hydrogen-bond acceptors (Lipinski definition) is 6. The van der Waals surface area contributed by atoms with Crippen LogP contribution in [0.15, 0.2) is 53.6 Å². The molecule has 1 aliphatic rings. The lowest BCUT2D eigenvalue weighted by Gasteiger charge is -2.36. The number of ether oxygens (including phenoxy) is 1. The van der Waals surface area contributed by atoms with Crippen molar-refractivity contribution in [1.29, 1.82) is 0 Å². The molecule has 0 spiro atoms. The van der Waals surface area contributed by atoms with Crippen LogP contribution in [0.3, 0.4) is 0 Å². The first-order chi connectivity index (χ1) is 14.5. The van der Waals surface area contributed by atoms with Gasteiger partial charge in [0.15, 0.2) is 0 Å². The number of rotatable bonds is 8. The van der Waals surface area contributed by atoms with Crippen molar-refractivity contribution in [2.75, 3.05) is 7.11 Å². The molecule has 1 saturated carbocycles. The molecule has 1 fully saturated rings. The lowest BCUT2D eigenvalue weighted by atomic mass is 9.83. The number of methoxy groups -OCH3 is 1. The second-order valence-corrected chi connectivity index (χ2v) is 9.26. The lowest BCUT2D eigenvalue weighted by molar-refractivity contribution is -0.135. The van der Waals surface area contributed by atoms with Gasteiger partial charge in [-0.05, 0) is 55.2 Å². The molecule has 1 aromatic carbocycles. The number of carbonyl (C=O) groups is 1. The van der Waals surface area contributed by atoms with Gasteiger partial charge in [-0.15, -0.1) is 0 Å². The molecule has 2 N–H and O–H groups in total. The zero-order chi connectivity index (χ0) is 21.6. The Labute approximate surface area is 176 Å². The Hall–Kier alpha value is -2.49. The molecule has 0 radical (unpaired) electrons.